The highest BCUT2D eigenvalue weighted by molar-refractivity contribution is 5.80. The van der Waals surface area contributed by atoms with E-state index in [0.29, 0.717) is 18.8 Å². The third-order valence-electron chi connectivity index (χ3n) is 7.59. The summed E-state index contributed by atoms with van der Waals surface area (Å²) < 4.78 is 24.6. The number of carbonyl (C=O) groups is 1. The average Bonchev–Trinajstić information content (AvgIpc) is 3.73. The first-order valence-corrected chi connectivity index (χ1v) is 14.1. The van der Waals surface area contributed by atoms with Gasteiger partial charge in [-0.3, -0.25) is 19.1 Å². The Morgan fingerprint density at radius 1 is 1.12 bits per heavy atom. The van der Waals surface area contributed by atoms with Crippen LogP contribution in [0.3, 0.4) is 0 Å². The van der Waals surface area contributed by atoms with Crippen LogP contribution >= 0.6 is 0 Å². The van der Waals surface area contributed by atoms with E-state index in [-0.39, 0.29) is 49.9 Å². The predicted molar refractivity (Wildman–Crippen MR) is 154 cm³/mol. The zero-order chi connectivity index (χ0) is 28.9. The van der Waals surface area contributed by atoms with Crippen LogP contribution in [0.5, 0.6) is 6.01 Å². The van der Waals surface area contributed by atoms with Crippen LogP contribution in [0.2, 0.25) is 0 Å². The number of carbonyl (C=O) groups excluding carboxylic acids is 1. The van der Waals surface area contributed by atoms with Gasteiger partial charge in [0, 0.05) is 42.6 Å². The van der Waals surface area contributed by atoms with Crippen molar-refractivity contribution >= 4 is 22.5 Å². The molecule has 0 unspecified atom stereocenters. The van der Waals surface area contributed by atoms with Gasteiger partial charge < -0.3 is 34.6 Å². The van der Waals surface area contributed by atoms with Crippen molar-refractivity contribution in [3.8, 4) is 6.01 Å². The monoisotopic (exact) mass is 574 g/mol. The second-order valence-corrected chi connectivity index (χ2v) is 10.4. The van der Waals surface area contributed by atoms with Crippen LogP contribution in [0.4, 0.5) is 5.69 Å². The van der Waals surface area contributed by atoms with Crippen LogP contribution < -0.4 is 20.9 Å². The summed E-state index contributed by atoms with van der Waals surface area (Å²) in [5.74, 6) is -0.362. The quantitative estimate of drug-likeness (QED) is 0.217. The number of nitrogens with zero attached hydrogens (tertiary/aromatic N) is 3. The fraction of sp³-hybridized carbons (Fsp3) is 0.400. The number of hydrogen-bond donors (Lipinski definition) is 3. The molecule has 2 saturated heterocycles. The molecule has 3 aromatic heterocycles. The Kier molecular flexibility index (Phi) is 8.45. The molecule has 0 aliphatic carbocycles. The third-order valence-corrected chi connectivity index (χ3v) is 7.59. The van der Waals surface area contributed by atoms with Crippen LogP contribution in [0.15, 0.2) is 65.8 Å². The molecule has 0 radical (unpaired) electrons. The van der Waals surface area contributed by atoms with Gasteiger partial charge in [-0.2, -0.15) is 0 Å². The zero-order valence-corrected chi connectivity index (χ0v) is 23.3. The van der Waals surface area contributed by atoms with Gasteiger partial charge in [0.15, 0.2) is 6.10 Å². The van der Waals surface area contributed by atoms with E-state index in [2.05, 4.69) is 37.7 Å². The van der Waals surface area contributed by atoms with Crippen molar-refractivity contribution in [2.24, 2.45) is 0 Å². The van der Waals surface area contributed by atoms with Crippen LogP contribution in [0.25, 0.3) is 10.9 Å². The van der Waals surface area contributed by atoms with Gasteiger partial charge >= 0.3 is 0 Å². The fourth-order valence-corrected chi connectivity index (χ4v) is 5.38. The highest BCUT2D eigenvalue weighted by atomic mass is 16.6. The standard InChI is InChI=1S/C30H34N6O6/c1-39-24-17-40-28-25(18-41-27(24)28)42-30-34-15-23(32-10-5-8-19-6-3-2-4-7-19)29(38)36(30)16-26(37)33-14-21-12-20-13-31-11-9-22(20)35-21/h2-4,6-7,9,11-13,15,24-25,27-28,32,35H,5,8,10,14,16-18H2,1H3,(H,33,37)/t24-,25-,27-,28-/m1/s1. The summed E-state index contributed by atoms with van der Waals surface area (Å²) in [6, 6.07) is 14.0. The van der Waals surface area contributed by atoms with E-state index in [4.69, 9.17) is 18.9 Å². The Balaban J connectivity index is 1.15. The number of H-pyrrole nitrogens is 1. The molecule has 220 valence electrons. The van der Waals surface area contributed by atoms with Crippen molar-refractivity contribution in [3.63, 3.8) is 0 Å². The van der Waals surface area contributed by atoms with E-state index in [9.17, 15) is 9.59 Å². The van der Waals surface area contributed by atoms with Gasteiger partial charge in [0.05, 0.1) is 26.0 Å². The zero-order valence-electron chi connectivity index (χ0n) is 23.3. The first-order chi connectivity index (χ1) is 20.6. The Morgan fingerprint density at radius 2 is 1.93 bits per heavy atom. The maximum atomic E-state index is 13.6. The normalized spacial score (nSPS) is 21.4. The second-order valence-electron chi connectivity index (χ2n) is 10.4. The number of pyridine rings is 1. The maximum Gasteiger partial charge on any atom is 0.300 e. The highest BCUT2D eigenvalue weighted by Gasteiger charge is 2.49. The summed E-state index contributed by atoms with van der Waals surface area (Å²) >= 11 is 0. The number of nitrogens with one attached hydrogen (secondary N) is 3. The van der Waals surface area contributed by atoms with Crippen LogP contribution in [-0.2, 0) is 38.5 Å². The molecule has 2 aliphatic heterocycles. The van der Waals surface area contributed by atoms with Crippen molar-refractivity contribution in [1.29, 1.82) is 0 Å². The molecule has 1 amide bonds. The average molecular weight is 575 g/mol. The lowest BCUT2D eigenvalue weighted by Gasteiger charge is -2.20. The van der Waals surface area contributed by atoms with E-state index in [0.717, 1.165) is 29.4 Å². The summed E-state index contributed by atoms with van der Waals surface area (Å²) in [6.07, 6.45) is 5.29. The van der Waals surface area contributed by atoms with Crippen LogP contribution in [0, 0.1) is 0 Å². The number of hydrogen-bond acceptors (Lipinski definition) is 9. The summed E-state index contributed by atoms with van der Waals surface area (Å²) in [5, 5.41) is 7.01. The highest BCUT2D eigenvalue weighted by Crippen LogP contribution is 2.30. The number of rotatable bonds is 12. The van der Waals surface area contributed by atoms with E-state index in [1.165, 1.54) is 16.3 Å². The third kappa shape index (κ3) is 6.15. The first kappa shape index (κ1) is 27.9. The molecule has 0 spiro atoms. The first-order valence-electron chi connectivity index (χ1n) is 14.1. The number of fused-ring (bicyclic) bond motifs is 2. The van der Waals surface area contributed by atoms with Gasteiger partial charge in [-0.15, -0.1) is 0 Å². The molecule has 12 heteroatoms. The second kappa shape index (κ2) is 12.7. The van der Waals surface area contributed by atoms with Gasteiger partial charge in [-0.05, 0) is 30.5 Å². The molecule has 2 aliphatic rings. The van der Waals surface area contributed by atoms with Crippen molar-refractivity contribution in [2.45, 2.75) is 50.3 Å². The Labute approximate surface area is 242 Å². The molecule has 6 rings (SSSR count). The van der Waals surface area contributed by atoms with Gasteiger partial charge in [-0.1, -0.05) is 30.3 Å². The van der Waals surface area contributed by atoms with Crippen molar-refractivity contribution in [2.75, 3.05) is 32.2 Å². The Hall–Kier alpha value is -4.26. The minimum absolute atomic E-state index is 0.0281. The molecule has 1 aromatic carbocycles. The largest absolute Gasteiger partial charge is 0.456 e. The van der Waals surface area contributed by atoms with E-state index >= 15 is 0 Å². The number of benzene rings is 1. The lowest BCUT2D eigenvalue weighted by atomic mass is 10.1. The molecule has 5 heterocycles. The molecule has 0 saturated carbocycles. The minimum atomic E-state index is -0.499. The minimum Gasteiger partial charge on any atom is -0.456 e. The number of aromatic nitrogens is 4. The van der Waals surface area contributed by atoms with Crippen LogP contribution in [-0.4, -0.2) is 76.7 Å². The topological polar surface area (TPSA) is 142 Å². The SMILES string of the molecule is CO[C@@H]1CO[C@H]2[C@@H]1OC[C@H]2Oc1ncc(NCCCc2ccccc2)c(=O)n1CC(=O)NCc1cc2cnccc2[nH]1. The number of anilines is 1. The van der Waals surface area contributed by atoms with Crippen LogP contribution in [0.1, 0.15) is 17.7 Å². The summed E-state index contributed by atoms with van der Waals surface area (Å²) in [5.41, 5.74) is 2.87. The predicted octanol–water partition coefficient (Wildman–Crippen LogP) is 2.04. The van der Waals surface area contributed by atoms with Crippen molar-refractivity contribution < 1.29 is 23.7 Å². The number of aryl methyl sites for hydroxylation is 1. The van der Waals surface area contributed by atoms with Gasteiger partial charge in [0.1, 0.15) is 30.5 Å². The van der Waals surface area contributed by atoms with E-state index in [1.54, 1.807) is 19.5 Å². The Morgan fingerprint density at radius 3 is 2.74 bits per heavy atom. The summed E-state index contributed by atoms with van der Waals surface area (Å²) in [6.45, 7) is 1.21. The van der Waals surface area contributed by atoms with Crippen molar-refractivity contribution in [1.82, 2.24) is 24.8 Å². The fourth-order valence-electron chi connectivity index (χ4n) is 5.38. The molecule has 3 N–H and O–H groups in total. The van der Waals surface area contributed by atoms with Gasteiger partial charge in [0.25, 0.3) is 11.6 Å². The molecule has 0 bridgehead atoms. The molecule has 2 fully saturated rings. The summed E-state index contributed by atoms with van der Waals surface area (Å²) in [7, 11) is 1.62. The molecule has 4 atom stereocenters. The number of aromatic amines is 1. The Bertz CT molecular complexity index is 1540. The van der Waals surface area contributed by atoms with Gasteiger partial charge in [-0.25, -0.2) is 4.98 Å². The lowest BCUT2D eigenvalue weighted by molar-refractivity contribution is -0.122. The smallest absolute Gasteiger partial charge is 0.300 e. The molecule has 4 aromatic rings. The maximum absolute atomic E-state index is 13.6. The lowest BCUT2D eigenvalue weighted by Crippen LogP contribution is -2.38. The molecular formula is C30H34N6O6. The van der Waals surface area contributed by atoms with Crippen molar-refractivity contribution in [3.05, 3.63) is 82.7 Å². The van der Waals surface area contributed by atoms with E-state index < -0.39 is 11.7 Å². The molecule has 42 heavy (non-hydrogen) atoms. The molecule has 12 nitrogen and oxygen atoms in total. The number of methoxy groups -OCH3 is 1. The number of amides is 1. The van der Waals surface area contributed by atoms with E-state index in [1.807, 2.05) is 30.3 Å². The number of ether oxygens (including phenoxy) is 4. The summed E-state index contributed by atoms with van der Waals surface area (Å²) in [4.78, 5) is 38.5. The molecular weight excluding hydrogens is 540 g/mol. The van der Waals surface area contributed by atoms with Gasteiger partial charge in [0.2, 0.25) is 5.91 Å².